The Bertz CT molecular complexity index is 307. The van der Waals surface area contributed by atoms with E-state index < -0.39 is 23.6 Å². The maximum absolute atomic E-state index is 11.4. The molecule has 98 valence electrons. The third-order valence-corrected chi connectivity index (χ3v) is 2.67. The zero-order valence-electron chi connectivity index (χ0n) is 10.4. The van der Waals surface area contributed by atoms with Gasteiger partial charge in [-0.15, -0.1) is 0 Å². The number of hydrogen-bond acceptors (Lipinski definition) is 7. The van der Waals surface area contributed by atoms with Crippen LogP contribution in [0.25, 0.3) is 0 Å². The lowest BCUT2D eigenvalue weighted by atomic mass is 9.92. The van der Waals surface area contributed by atoms with Crippen molar-refractivity contribution in [3.05, 3.63) is 0 Å². The van der Waals surface area contributed by atoms with Gasteiger partial charge < -0.3 is 9.47 Å². The van der Waals surface area contributed by atoms with Gasteiger partial charge in [0.05, 0.1) is 33.3 Å². The minimum atomic E-state index is -0.769. The quantitative estimate of drug-likeness (QED) is 0.650. The van der Waals surface area contributed by atoms with Gasteiger partial charge in [-0.3, -0.25) is 14.5 Å². The summed E-state index contributed by atoms with van der Waals surface area (Å²) in [6.45, 7) is 1.75. The molecule has 1 fully saturated rings. The molecule has 0 bridgehead atoms. The minimum absolute atomic E-state index is 0.0604. The summed E-state index contributed by atoms with van der Waals surface area (Å²) in [6, 6.07) is 0. The van der Waals surface area contributed by atoms with E-state index in [1.54, 1.807) is 6.92 Å². The van der Waals surface area contributed by atoms with Gasteiger partial charge in [-0.1, -0.05) is 5.23 Å². The molecule has 2 atom stereocenters. The number of rotatable bonds is 4. The summed E-state index contributed by atoms with van der Waals surface area (Å²) in [5.74, 6) is -0.899. The highest BCUT2D eigenvalue weighted by Gasteiger charge is 2.49. The van der Waals surface area contributed by atoms with Crippen molar-refractivity contribution in [3.8, 4) is 0 Å². The van der Waals surface area contributed by atoms with Gasteiger partial charge in [0.15, 0.2) is 6.10 Å². The fraction of sp³-hybridized carbons (Fsp3) is 0.800. The first kappa shape index (κ1) is 13.9. The maximum atomic E-state index is 11.4. The molecular weight excluding hydrogens is 230 g/mol. The van der Waals surface area contributed by atoms with Crippen LogP contribution in [0.3, 0.4) is 0 Å². The Morgan fingerprint density at radius 1 is 1.35 bits per heavy atom. The summed E-state index contributed by atoms with van der Waals surface area (Å²) >= 11 is 0. The molecule has 7 heteroatoms. The van der Waals surface area contributed by atoms with Crippen LogP contribution in [-0.4, -0.2) is 50.1 Å². The molecule has 0 aromatic carbocycles. The topological polar surface area (TPSA) is 74.3 Å². The highest BCUT2D eigenvalue weighted by atomic mass is 17.0. The van der Waals surface area contributed by atoms with Crippen molar-refractivity contribution in [3.63, 3.8) is 0 Å². The van der Waals surface area contributed by atoms with Crippen molar-refractivity contribution < 1.29 is 28.7 Å². The number of carbonyl (C=O) groups excluding carboxylic acids is 2. The van der Waals surface area contributed by atoms with Crippen molar-refractivity contribution in [2.45, 2.75) is 31.4 Å². The largest absolute Gasteiger partial charge is 0.469 e. The summed E-state index contributed by atoms with van der Waals surface area (Å²) in [5, 5.41) is 1.14. The van der Waals surface area contributed by atoms with Gasteiger partial charge in [-0.2, -0.15) is 0 Å². The fourth-order valence-corrected chi connectivity index (χ4v) is 1.80. The number of hydrogen-bond donors (Lipinski definition) is 0. The predicted molar refractivity (Wildman–Crippen MR) is 55.4 cm³/mol. The number of hydroxylamine groups is 2. The van der Waals surface area contributed by atoms with Crippen LogP contribution in [0.1, 0.15) is 19.8 Å². The molecule has 1 aliphatic heterocycles. The maximum Gasteiger partial charge on any atom is 0.337 e. The molecule has 0 radical (unpaired) electrons. The second-order valence-corrected chi connectivity index (χ2v) is 4.01. The summed E-state index contributed by atoms with van der Waals surface area (Å²) in [6.07, 6.45) is -0.414. The van der Waals surface area contributed by atoms with Gasteiger partial charge in [0.1, 0.15) is 0 Å². The number of nitrogens with zero attached hydrogens (tertiary/aromatic N) is 1. The molecule has 0 saturated carbocycles. The van der Waals surface area contributed by atoms with Crippen LogP contribution in [0.2, 0.25) is 0 Å². The Morgan fingerprint density at radius 3 is 2.47 bits per heavy atom. The third kappa shape index (κ3) is 2.93. The highest BCUT2D eigenvalue weighted by Crippen LogP contribution is 2.35. The normalized spacial score (nSPS) is 29.1. The summed E-state index contributed by atoms with van der Waals surface area (Å²) in [4.78, 5) is 32.9. The predicted octanol–water partition coefficient (Wildman–Crippen LogP) is 0.0485. The SMILES string of the molecule is COC(=O)C[C@]1(C)C[C@@H](C(=O)OC)ON1OC. The number of esters is 2. The van der Waals surface area contributed by atoms with Crippen molar-refractivity contribution in [2.24, 2.45) is 0 Å². The number of carbonyl (C=O) groups is 2. The Balaban J connectivity index is 2.76. The molecule has 7 nitrogen and oxygen atoms in total. The van der Waals surface area contributed by atoms with Crippen LogP contribution in [0.4, 0.5) is 0 Å². The van der Waals surface area contributed by atoms with Gasteiger partial charge in [0.25, 0.3) is 0 Å². The van der Waals surface area contributed by atoms with Crippen molar-refractivity contribution in [2.75, 3.05) is 21.3 Å². The van der Waals surface area contributed by atoms with Crippen LogP contribution in [0, 0.1) is 0 Å². The lowest BCUT2D eigenvalue weighted by Crippen LogP contribution is -2.41. The molecule has 0 aromatic heterocycles. The monoisotopic (exact) mass is 247 g/mol. The molecule has 1 rings (SSSR count). The molecule has 1 heterocycles. The summed E-state index contributed by atoms with van der Waals surface area (Å²) in [7, 11) is 3.98. The van der Waals surface area contributed by atoms with Crippen LogP contribution in [0.5, 0.6) is 0 Å². The van der Waals surface area contributed by atoms with Crippen LogP contribution >= 0.6 is 0 Å². The lowest BCUT2D eigenvalue weighted by Gasteiger charge is -2.28. The van der Waals surface area contributed by atoms with E-state index >= 15 is 0 Å². The molecule has 0 N–H and O–H groups in total. The Kier molecular flexibility index (Phi) is 4.44. The standard InChI is InChI=1S/C10H17NO6/c1-10(6-8(12)14-2)5-7(9(13)15-3)17-11(10)16-4/h7H,5-6H2,1-4H3/t7-,10-/m0/s1. The molecule has 0 aromatic rings. The van der Waals surface area contributed by atoms with Gasteiger partial charge in [-0.05, 0) is 6.92 Å². The fourth-order valence-electron chi connectivity index (χ4n) is 1.80. The third-order valence-electron chi connectivity index (χ3n) is 2.67. The summed E-state index contributed by atoms with van der Waals surface area (Å²) in [5.41, 5.74) is -0.749. The Morgan fingerprint density at radius 2 is 2.00 bits per heavy atom. The van der Waals surface area contributed by atoms with E-state index in [9.17, 15) is 9.59 Å². The van der Waals surface area contributed by atoms with Crippen LogP contribution < -0.4 is 0 Å². The summed E-state index contributed by atoms with van der Waals surface area (Å²) < 4.78 is 9.19. The molecule has 0 amide bonds. The lowest BCUT2D eigenvalue weighted by molar-refractivity contribution is -0.373. The van der Waals surface area contributed by atoms with E-state index in [2.05, 4.69) is 9.47 Å². The van der Waals surface area contributed by atoms with Gasteiger partial charge in [0, 0.05) is 6.42 Å². The van der Waals surface area contributed by atoms with Crippen molar-refractivity contribution in [1.82, 2.24) is 5.23 Å². The first-order valence-corrected chi connectivity index (χ1v) is 5.12. The second kappa shape index (κ2) is 5.44. The Hall–Kier alpha value is -1.18. The van der Waals surface area contributed by atoms with Gasteiger partial charge in [0.2, 0.25) is 0 Å². The van der Waals surface area contributed by atoms with Crippen molar-refractivity contribution in [1.29, 1.82) is 0 Å². The molecule has 17 heavy (non-hydrogen) atoms. The minimum Gasteiger partial charge on any atom is -0.469 e. The zero-order valence-corrected chi connectivity index (χ0v) is 10.4. The zero-order chi connectivity index (χ0) is 13.1. The van der Waals surface area contributed by atoms with E-state index in [4.69, 9.17) is 9.68 Å². The second-order valence-electron chi connectivity index (χ2n) is 4.01. The molecule has 1 aliphatic rings. The van der Waals surface area contributed by atoms with Crippen LogP contribution in [-0.2, 0) is 28.7 Å². The molecule has 0 aliphatic carbocycles. The smallest absolute Gasteiger partial charge is 0.337 e. The van der Waals surface area contributed by atoms with E-state index in [0.717, 1.165) is 5.23 Å². The molecule has 1 saturated heterocycles. The number of ether oxygens (including phenoxy) is 2. The van der Waals surface area contributed by atoms with E-state index in [0.29, 0.717) is 6.42 Å². The van der Waals surface area contributed by atoms with E-state index in [1.165, 1.54) is 21.3 Å². The number of methoxy groups -OCH3 is 2. The highest BCUT2D eigenvalue weighted by molar-refractivity contribution is 5.75. The first-order chi connectivity index (χ1) is 7.96. The molecule has 0 spiro atoms. The Labute approximate surface area is 99.5 Å². The average Bonchev–Trinajstić information content (AvgIpc) is 2.64. The van der Waals surface area contributed by atoms with Crippen LogP contribution in [0.15, 0.2) is 0 Å². The van der Waals surface area contributed by atoms with Gasteiger partial charge in [-0.25, -0.2) is 4.79 Å². The van der Waals surface area contributed by atoms with Crippen molar-refractivity contribution >= 4 is 11.9 Å². The van der Waals surface area contributed by atoms with E-state index in [-0.39, 0.29) is 6.42 Å². The molecular formula is C10H17NO6. The first-order valence-electron chi connectivity index (χ1n) is 5.12. The van der Waals surface area contributed by atoms with Gasteiger partial charge >= 0.3 is 11.9 Å². The van der Waals surface area contributed by atoms with E-state index in [1.807, 2.05) is 0 Å². The molecule has 0 unspecified atom stereocenters. The average molecular weight is 247 g/mol.